The second-order valence-electron chi connectivity index (χ2n) is 4.27. The summed E-state index contributed by atoms with van der Waals surface area (Å²) in [7, 11) is 3.01. The first kappa shape index (κ1) is 15.1. The molecule has 8 nitrogen and oxygen atoms in total. The second kappa shape index (κ2) is 6.00. The first-order valence-corrected chi connectivity index (χ1v) is 6.28. The summed E-state index contributed by atoms with van der Waals surface area (Å²) < 4.78 is 14.0. The molecule has 10 heteroatoms. The number of nitrogens with zero attached hydrogens (tertiary/aromatic N) is 6. The molecule has 0 saturated carbocycles. The van der Waals surface area contributed by atoms with E-state index in [1.807, 2.05) is 0 Å². The molecule has 2 aromatic heterocycles. The standard InChI is InChI=1S/C11H12ClFN6O2/c1-18(11(20)21)4-3-6-8(17-19(2)16-6)9-7(13)10(12)15-5-14-9/h5H,3-4H2,1-2H3,(H,20,21). The third-order valence-corrected chi connectivity index (χ3v) is 3.03. The van der Waals surface area contributed by atoms with E-state index in [0.717, 1.165) is 11.2 Å². The lowest BCUT2D eigenvalue weighted by Crippen LogP contribution is -2.27. The van der Waals surface area contributed by atoms with Gasteiger partial charge in [-0.15, -0.1) is 0 Å². The van der Waals surface area contributed by atoms with Crippen LogP contribution >= 0.6 is 11.6 Å². The van der Waals surface area contributed by atoms with E-state index in [2.05, 4.69) is 20.2 Å². The average molecular weight is 315 g/mol. The molecule has 0 saturated heterocycles. The molecule has 112 valence electrons. The minimum Gasteiger partial charge on any atom is -0.465 e. The molecule has 0 aromatic carbocycles. The molecular formula is C11H12ClFN6O2. The van der Waals surface area contributed by atoms with E-state index >= 15 is 0 Å². The van der Waals surface area contributed by atoms with Crippen molar-refractivity contribution in [2.45, 2.75) is 6.42 Å². The van der Waals surface area contributed by atoms with Crippen LogP contribution in [0.4, 0.5) is 9.18 Å². The minimum atomic E-state index is -1.06. The smallest absolute Gasteiger partial charge is 0.407 e. The van der Waals surface area contributed by atoms with Crippen LogP contribution in [0.3, 0.4) is 0 Å². The van der Waals surface area contributed by atoms with Crippen molar-refractivity contribution in [3.05, 3.63) is 23.0 Å². The van der Waals surface area contributed by atoms with Crippen molar-refractivity contribution in [1.82, 2.24) is 29.9 Å². The lowest BCUT2D eigenvalue weighted by Gasteiger charge is -2.11. The van der Waals surface area contributed by atoms with Crippen LogP contribution in [0, 0.1) is 5.82 Å². The zero-order valence-corrected chi connectivity index (χ0v) is 12.0. The third-order valence-electron chi connectivity index (χ3n) is 2.77. The maximum absolute atomic E-state index is 14.0. The van der Waals surface area contributed by atoms with E-state index in [4.69, 9.17) is 16.7 Å². The zero-order valence-electron chi connectivity index (χ0n) is 11.3. The molecule has 0 atom stereocenters. The van der Waals surface area contributed by atoms with Gasteiger partial charge in [0.2, 0.25) is 0 Å². The van der Waals surface area contributed by atoms with Gasteiger partial charge >= 0.3 is 6.09 Å². The Morgan fingerprint density at radius 2 is 2.14 bits per heavy atom. The highest BCUT2D eigenvalue weighted by Gasteiger charge is 2.20. The fourth-order valence-corrected chi connectivity index (χ4v) is 1.82. The Kier molecular flexibility index (Phi) is 4.32. The van der Waals surface area contributed by atoms with Crippen LogP contribution in [0.5, 0.6) is 0 Å². The molecule has 0 unspecified atom stereocenters. The van der Waals surface area contributed by atoms with E-state index in [-0.39, 0.29) is 29.5 Å². The molecule has 2 rings (SSSR count). The monoisotopic (exact) mass is 314 g/mol. The molecule has 1 N–H and O–H groups in total. The summed E-state index contributed by atoms with van der Waals surface area (Å²) in [6, 6.07) is 0. The van der Waals surface area contributed by atoms with Crippen molar-refractivity contribution < 1.29 is 14.3 Å². The highest BCUT2D eigenvalue weighted by Crippen LogP contribution is 2.24. The molecule has 0 radical (unpaired) electrons. The van der Waals surface area contributed by atoms with Crippen LogP contribution in [0.1, 0.15) is 5.69 Å². The van der Waals surface area contributed by atoms with Gasteiger partial charge in [-0.05, 0) is 0 Å². The summed E-state index contributed by atoms with van der Waals surface area (Å²) in [6.07, 6.45) is 0.340. The summed E-state index contributed by atoms with van der Waals surface area (Å²) in [5, 5.41) is 16.7. The van der Waals surface area contributed by atoms with Crippen molar-refractivity contribution in [2.75, 3.05) is 13.6 Å². The number of halogens is 2. The lowest BCUT2D eigenvalue weighted by atomic mass is 10.2. The molecular weight excluding hydrogens is 303 g/mol. The molecule has 0 aliphatic rings. The number of rotatable bonds is 4. The Morgan fingerprint density at radius 3 is 2.81 bits per heavy atom. The van der Waals surface area contributed by atoms with Crippen molar-refractivity contribution in [1.29, 1.82) is 0 Å². The Balaban J connectivity index is 2.33. The summed E-state index contributed by atoms with van der Waals surface area (Å²) >= 11 is 5.62. The number of hydrogen-bond donors (Lipinski definition) is 1. The van der Waals surface area contributed by atoms with Crippen LogP contribution in [0.25, 0.3) is 11.4 Å². The lowest BCUT2D eigenvalue weighted by molar-refractivity contribution is 0.156. The highest BCUT2D eigenvalue weighted by molar-refractivity contribution is 6.29. The fourth-order valence-electron chi connectivity index (χ4n) is 1.68. The summed E-state index contributed by atoms with van der Waals surface area (Å²) in [6.45, 7) is 0.196. The largest absolute Gasteiger partial charge is 0.465 e. The minimum absolute atomic E-state index is 0.0592. The SMILES string of the molecule is CN(CCc1nn(C)nc1-c1ncnc(Cl)c1F)C(=O)O. The van der Waals surface area contributed by atoms with E-state index in [0.29, 0.717) is 5.69 Å². The van der Waals surface area contributed by atoms with Gasteiger partial charge in [-0.25, -0.2) is 19.2 Å². The maximum Gasteiger partial charge on any atom is 0.407 e. The average Bonchev–Trinajstić information content (AvgIpc) is 2.80. The summed E-state index contributed by atoms with van der Waals surface area (Å²) in [4.78, 5) is 20.5. The first-order valence-electron chi connectivity index (χ1n) is 5.90. The van der Waals surface area contributed by atoms with Gasteiger partial charge in [0.05, 0.1) is 5.69 Å². The van der Waals surface area contributed by atoms with Gasteiger partial charge in [0.1, 0.15) is 17.7 Å². The second-order valence-corrected chi connectivity index (χ2v) is 4.62. The van der Waals surface area contributed by atoms with Gasteiger partial charge in [0, 0.05) is 27.1 Å². The van der Waals surface area contributed by atoms with Crippen LogP contribution < -0.4 is 0 Å². The van der Waals surface area contributed by atoms with Crippen LogP contribution in [-0.2, 0) is 13.5 Å². The predicted molar refractivity (Wildman–Crippen MR) is 71.4 cm³/mol. The molecule has 2 aromatic rings. The number of carboxylic acid groups (broad SMARTS) is 1. The van der Waals surface area contributed by atoms with Crippen LogP contribution in [-0.4, -0.2) is 54.7 Å². The molecule has 0 fully saturated rings. The Hall–Kier alpha value is -2.29. The van der Waals surface area contributed by atoms with Crippen molar-refractivity contribution in [3.8, 4) is 11.4 Å². The van der Waals surface area contributed by atoms with Crippen LogP contribution in [0.2, 0.25) is 5.15 Å². The Labute approximate surface area is 124 Å². The van der Waals surface area contributed by atoms with Gasteiger partial charge in [-0.1, -0.05) is 11.6 Å². The first-order chi connectivity index (χ1) is 9.90. The van der Waals surface area contributed by atoms with Gasteiger partial charge in [-0.2, -0.15) is 15.0 Å². The third kappa shape index (κ3) is 3.24. The molecule has 0 aliphatic heterocycles. The van der Waals surface area contributed by atoms with Crippen molar-refractivity contribution in [2.24, 2.45) is 7.05 Å². The van der Waals surface area contributed by atoms with Gasteiger partial charge in [0.25, 0.3) is 0 Å². The molecule has 1 amide bonds. The summed E-state index contributed by atoms with van der Waals surface area (Å²) in [5.74, 6) is -0.785. The Bertz CT molecular complexity index is 677. The zero-order chi connectivity index (χ0) is 15.6. The number of hydrogen-bond acceptors (Lipinski definition) is 5. The predicted octanol–water partition coefficient (Wildman–Crippen LogP) is 1.22. The number of aromatic nitrogens is 5. The molecule has 21 heavy (non-hydrogen) atoms. The number of amides is 1. The van der Waals surface area contributed by atoms with E-state index in [1.54, 1.807) is 7.05 Å². The number of aryl methyl sites for hydroxylation is 1. The molecule has 2 heterocycles. The highest BCUT2D eigenvalue weighted by atomic mass is 35.5. The molecule has 0 bridgehead atoms. The van der Waals surface area contributed by atoms with E-state index < -0.39 is 11.9 Å². The van der Waals surface area contributed by atoms with E-state index in [1.165, 1.54) is 11.8 Å². The molecule has 0 aliphatic carbocycles. The van der Waals surface area contributed by atoms with Crippen molar-refractivity contribution in [3.63, 3.8) is 0 Å². The maximum atomic E-state index is 14.0. The van der Waals surface area contributed by atoms with Crippen LogP contribution in [0.15, 0.2) is 6.33 Å². The normalized spacial score (nSPS) is 10.7. The van der Waals surface area contributed by atoms with Gasteiger partial charge in [0.15, 0.2) is 11.0 Å². The van der Waals surface area contributed by atoms with Gasteiger partial charge < -0.3 is 10.0 Å². The fraction of sp³-hybridized carbons (Fsp3) is 0.364. The molecule has 0 spiro atoms. The topological polar surface area (TPSA) is 97.0 Å². The number of carbonyl (C=O) groups is 1. The summed E-state index contributed by atoms with van der Waals surface area (Å²) in [5.41, 5.74) is 0.591. The number of likely N-dealkylation sites (N-methyl/N-ethyl adjacent to an activating group) is 1. The Morgan fingerprint density at radius 1 is 1.43 bits per heavy atom. The van der Waals surface area contributed by atoms with Crippen molar-refractivity contribution >= 4 is 17.7 Å². The van der Waals surface area contributed by atoms with E-state index in [9.17, 15) is 9.18 Å². The quantitative estimate of drug-likeness (QED) is 0.852. The van der Waals surface area contributed by atoms with Gasteiger partial charge in [-0.3, -0.25) is 0 Å².